The molecule has 1 saturated carbocycles. The molecule has 0 radical (unpaired) electrons. The third-order valence-electron chi connectivity index (χ3n) is 6.55. The minimum atomic E-state index is -1.05. The van der Waals surface area contributed by atoms with Crippen LogP contribution >= 0.6 is 11.3 Å². The van der Waals surface area contributed by atoms with Gasteiger partial charge in [0.2, 0.25) is 5.95 Å². The van der Waals surface area contributed by atoms with E-state index < -0.39 is 30.3 Å². The largest absolute Gasteiger partial charge is 0.392 e. The van der Waals surface area contributed by atoms with E-state index in [1.807, 2.05) is 33.8 Å². The Bertz CT molecular complexity index is 1170. The lowest BCUT2D eigenvalue weighted by molar-refractivity contribution is -0.0345. The van der Waals surface area contributed by atoms with Crippen LogP contribution in [-0.2, 0) is 4.74 Å². The molecule has 0 saturated heterocycles. The number of thiazole rings is 1. The number of nitrogens with one attached hydrogen (secondary N) is 2. The van der Waals surface area contributed by atoms with Gasteiger partial charge in [0, 0.05) is 25.8 Å². The predicted octanol–water partition coefficient (Wildman–Crippen LogP) is 2.36. The number of aryl methyl sites for hydroxylation is 2. The van der Waals surface area contributed by atoms with Gasteiger partial charge >= 0.3 is 0 Å². The zero-order chi connectivity index (χ0) is 25.3. The molecule has 0 aromatic carbocycles. The maximum atomic E-state index is 10.8. The van der Waals surface area contributed by atoms with Gasteiger partial charge in [-0.1, -0.05) is 13.8 Å². The fourth-order valence-electron chi connectivity index (χ4n) is 4.59. The maximum absolute atomic E-state index is 10.8. The van der Waals surface area contributed by atoms with Gasteiger partial charge < -0.3 is 30.7 Å². The second-order valence-electron chi connectivity index (χ2n) is 9.40. The molecule has 1 aliphatic carbocycles. The SMILES string of the molecule is COCCNc1nc(C)c(-c2nc3c(C)nccc3s2)c(N[C@@H]2C[C@H]([C@@H](O)C(C)C)[C@@H](O)[C@H]2O)n1. The average molecular weight is 503 g/mol. The molecule has 0 unspecified atom stereocenters. The molecule has 35 heavy (non-hydrogen) atoms. The summed E-state index contributed by atoms with van der Waals surface area (Å²) in [5.41, 5.74) is 3.13. The minimum Gasteiger partial charge on any atom is -0.392 e. The van der Waals surface area contributed by atoms with E-state index in [9.17, 15) is 15.3 Å². The van der Waals surface area contributed by atoms with Crippen LogP contribution in [0.3, 0.4) is 0 Å². The van der Waals surface area contributed by atoms with Gasteiger partial charge in [0.15, 0.2) is 0 Å². The monoisotopic (exact) mass is 502 g/mol. The van der Waals surface area contributed by atoms with Gasteiger partial charge in [0.25, 0.3) is 0 Å². The molecule has 1 fully saturated rings. The molecule has 11 heteroatoms. The predicted molar refractivity (Wildman–Crippen MR) is 137 cm³/mol. The smallest absolute Gasteiger partial charge is 0.224 e. The number of nitrogens with zero attached hydrogens (tertiary/aromatic N) is 4. The van der Waals surface area contributed by atoms with Gasteiger partial charge in [0.1, 0.15) is 22.4 Å². The molecule has 5 atom stereocenters. The first kappa shape index (κ1) is 25.6. The van der Waals surface area contributed by atoms with Gasteiger partial charge in [-0.15, -0.1) is 11.3 Å². The van der Waals surface area contributed by atoms with Crippen molar-refractivity contribution in [3.63, 3.8) is 0 Å². The molecule has 3 aromatic rings. The summed E-state index contributed by atoms with van der Waals surface area (Å²) >= 11 is 1.53. The highest BCUT2D eigenvalue weighted by atomic mass is 32.1. The third kappa shape index (κ3) is 5.24. The molecule has 190 valence electrons. The van der Waals surface area contributed by atoms with Crippen LogP contribution in [-0.4, -0.2) is 79.9 Å². The van der Waals surface area contributed by atoms with Crippen LogP contribution in [0.2, 0.25) is 0 Å². The van der Waals surface area contributed by atoms with Crippen LogP contribution in [0.15, 0.2) is 12.3 Å². The Hall–Kier alpha value is -2.44. The van der Waals surface area contributed by atoms with Crippen LogP contribution in [0.1, 0.15) is 31.7 Å². The quantitative estimate of drug-likeness (QED) is 0.276. The number of rotatable bonds is 9. The minimum absolute atomic E-state index is 0.0337. The van der Waals surface area contributed by atoms with Crippen molar-refractivity contribution < 1.29 is 20.1 Å². The van der Waals surface area contributed by atoms with Crippen molar-refractivity contribution in [2.24, 2.45) is 11.8 Å². The van der Waals surface area contributed by atoms with Crippen molar-refractivity contribution in [3.05, 3.63) is 23.7 Å². The van der Waals surface area contributed by atoms with E-state index in [0.717, 1.165) is 32.2 Å². The van der Waals surface area contributed by atoms with Crippen molar-refractivity contribution in [2.75, 3.05) is 30.9 Å². The molecule has 3 aromatic heterocycles. The first-order valence-electron chi connectivity index (χ1n) is 11.9. The normalized spacial score (nSPS) is 23.2. The summed E-state index contributed by atoms with van der Waals surface area (Å²) in [6, 6.07) is 1.43. The summed E-state index contributed by atoms with van der Waals surface area (Å²) in [5.74, 6) is 0.465. The molecule has 0 bridgehead atoms. The van der Waals surface area contributed by atoms with Crippen LogP contribution in [0, 0.1) is 25.7 Å². The highest BCUT2D eigenvalue weighted by molar-refractivity contribution is 7.21. The van der Waals surface area contributed by atoms with E-state index >= 15 is 0 Å². The fourth-order valence-corrected chi connectivity index (χ4v) is 5.70. The number of pyridine rings is 1. The zero-order valence-corrected chi connectivity index (χ0v) is 21.5. The third-order valence-corrected chi connectivity index (χ3v) is 7.59. The average Bonchev–Trinajstić information content (AvgIpc) is 3.36. The zero-order valence-electron chi connectivity index (χ0n) is 20.7. The van der Waals surface area contributed by atoms with Crippen LogP contribution in [0.5, 0.6) is 0 Å². The number of aliphatic hydroxyl groups is 3. The van der Waals surface area contributed by atoms with E-state index in [4.69, 9.17) is 14.7 Å². The van der Waals surface area contributed by atoms with E-state index in [1.54, 1.807) is 13.3 Å². The Morgan fingerprint density at radius 2 is 1.91 bits per heavy atom. The molecule has 5 N–H and O–H groups in total. The molecular formula is C24H34N6O4S. The van der Waals surface area contributed by atoms with Crippen molar-refractivity contribution in [3.8, 4) is 10.6 Å². The van der Waals surface area contributed by atoms with E-state index in [1.165, 1.54) is 11.3 Å². The Kier molecular flexibility index (Phi) is 7.82. The van der Waals surface area contributed by atoms with Gasteiger partial charge in [-0.25, -0.2) is 9.97 Å². The van der Waals surface area contributed by atoms with E-state index in [2.05, 4.69) is 20.6 Å². The standard InChI is InChI=1S/C24H34N6O4S/c1-11(2)19(31)14-10-15(21(33)20(14)32)28-22-17(12(3)27-24(30-22)26-8-9-34-5)23-29-18-13(4)25-7-6-16(18)35-23/h6-7,11,14-15,19-21,31-33H,8-10H2,1-5H3,(H2,26,27,28,30)/t14-,15-,19+,20-,21+/m1/s1. The number of methoxy groups -OCH3 is 1. The lowest BCUT2D eigenvalue weighted by Crippen LogP contribution is -2.38. The van der Waals surface area contributed by atoms with Crippen LogP contribution < -0.4 is 10.6 Å². The Balaban J connectivity index is 1.72. The molecule has 0 spiro atoms. The molecular weight excluding hydrogens is 468 g/mol. The van der Waals surface area contributed by atoms with Crippen molar-refractivity contribution in [2.45, 2.75) is 58.5 Å². The number of anilines is 2. The topological polar surface area (TPSA) is 146 Å². The van der Waals surface area contributed by atoms with Crippen molar-refractivity contribution >= 4 is 33.3 Å². The number of aliphatic hydroxyl groups excluding tert-OH is 3. The van der Waals surface area contributed by atoms with E-state index in [0.29, 0.717) is 31.3 Å². The van der Waals surface area contributed by atoms with Crippen molar-refractivity contribution in [1.29, 1.82) is 0 Å². The van der Waals surface area contributed by atoms with Gasteiger partial charge in [-0.3, -0.25) is 4.98 Å². The molecule has 3 heterocycles. The summed E-state index contributed by atoms with van der Waals surface area (Å²) in [6.07, 6.45) is -0.639. The highest BCUT2D eigenvalue weighted by Gasteiger charge is 2.45. The van der Waals surface area contributed by atoms with Crippen molar-refractivity contribution in [1.82, 2.24) is 19.9 Å². The summed E-state index contributed by atoms with van der Waals surface area (Å²) < 4.78 is 6.13. The van der Waals surface area contributed by atoms with Gasteiger partial charge in [0.05, 0.1) is 46.5 Å². The maximum Gasteiger partial charge on any atom is 0.224 e. The fraction of sp³-hybridized carbons (Fsp3) is 0.583. The number of hydrogen-bond acceptors (Lipinski definition) is 11. The Morgan fingerprint density at radius 3 is 2.60 bits per heavy atom. The molecule has 1 aliphatic rings. The Labute approximate surface area is 208 Å². The lowest BCUT2D eigenvalue weighted by atomic mass is 9.90. The summed E-state index contributed by atoms with van der Waals surface area (Å²) in [4.78, 5) is 18.5. The second-order valence-corrected chi connectivity index (χ2v) is 10.4. The van der Waals surface area contributed by atoms with E-state index in [-0.39, 0.29) is 5.92 Å². The molecule has 0 aliphatic heterocycles. The molecule has 10 nitrogen and oxygen atoms in total. The molecule has 0 amide bonds. The van der Waals surface area contributed by atoms with Gasteiger partial charge in [-0.2, -0.15) is 4.98 Å². The number of fused-ring (bicyclic) bond motifs is 1. The van der Waals surface area contributed by atoms with Gasteiger partial charge in [-0.05, 0) is 32.3 Å². The first-order valence-corrected chi connectivity index (χ1v) is 12.7. The number of ether oxygens (including phenoxy) is 1. The summed E-state index contributed by atoms with van der Waals surface area (Å²) in [5, 5.41) is 39.3. The Morgan fingerprint density at radius 1 is 1.14 bits per heavy atom. The highest BCUT2D eigenvalue weighted by Crippen LogP contribution is 2.39. The number of hydrogen-bond donors (Lipinski definition) is 5. The van der Waals surface area contributed by atoms with Crippen LogP contribution in [0.4, 0.5) is 11.8 Å². The second kappa shape index (κ2) is 10.7. The molecule has 4 rings (SSSR count). The lowest BCUT2D eigenvalue weighted by Gasteiger charge is -2.24. The summed E-state index contributed by atoms with van der Waals surface area (Å²) in [7, 11) is 1.63. The summed E-state index contributed by atoms with van der Waals surface area (Å²) in [6.45, 7) is 8.66. The number of aromatic nitrogens is 4. The first-order chi connectivity index (χ1) is 16.7. The van der Waals surface area contributed by atoms with Crippen LogP contribution in [0.25, 0.3) is 20.8 Å².